The van der Waals surface area contributed by atoms with Gasteiger partial charge in [-0.2, -0.15) is 5.26 Å². The van der Waals surface area contributed by atoms with Crippen LogP contribution < -0.4 is 4.72 Å². The molecule has 0 heterocycles. The summed E-state index contributed by atoms with van der Waals surface area (Å²) in [4.78, 5) is 10.7. The van der Waals surface area contributed by atoms with E-state index < -0.39 is 11.2 Å². The van der Waals surface area contributed by atoms with Gasteiger partial charge in [-0.1, -0.05) is 0 Å². The second kappa shape index (κ2) is 4.84. The molecule has 6 heteroatoms. The summed E-state index contributed by atoms with van der Waals surface area (Å²) in [5.74, 6) is -0.532. The second-order valence-electron chi connectivity index (χ2n) is 2.27. The minimum atomic E-state index is -0.752. The first-order valence-corrected chi connectivity index (χ1v) is 4.64. The van der Waals surface area contributed by atoms with E-state index in [1.54, 1.807) is 6.07 Å². The Hall–Kier alpha value is -1.25. The minimum absolute atomic E-state index is 0.191. The van der Waals surface area contributed by atoms with Crippen LogP contribution in [0, 0.1) is 17.1 Å². The molecule has 0 fully saturated rings. The highest BCUT2D eigenvalue weighted by atomic mass is 35.5. The highest BCUT2D eigenvalue weighted by Crippen LogP contribution is 2.18. The predicted octanol–water partition coefficient (Wildman–Crippen LogP) is 2.65. The monoisotopic (exact) mass is 230 g/mol. The average molecular weight is 231 g/mol. The van der Waals surface area contributed by atoms with Crippen LogP contribution in [0.4, 0.5) is 9.18 Å². The van der Waals surface area contributed by atoms with Gasteiger partial charge < -0.3 is 0 Å². The first kappa shape index (κ1) is 10.8. The van der Waals surface area contributed by atoms with E-state index in [0.717, 1.165) is 18.0 Å². The van der Waals surface area contributed by atoms with Crippen molar-refractivity contribution < 1.29 is 9.18 Å². The molecule has 0 spiro atoms. The topological polar surface area (TPSA) is 52.9 Å². The van der Waals surface area contributed by atoms with E-state index in [-0.39, 0.29) is 5.56 Å². The molecule has 1 N–H and O–H groups in total. The second-order valence-corrected chi connectivity index (χ2v) is 3.49. The molecule has 1 aromatic carbocycles. The van der Waals surface area contributed by atoms with Crippen molar-refractivity contribution in [3.05, 3.63) is 29.6 Å². The molecule has 1 amide bonds. The van der Waals surface area contributed by atoms with E-state index in [9.17, 15) is 9.18 Å². The van der Waals surface area contributed by atoms with Crippen LogP contribution in [0.2, 0.25) is 0 Å². The minimum Gasteiger partial charge on any atom is -0.282 e. The number of hydrogen-bond donors (Lipinski definition) is 1. The zero-order valence-electron chi connectivity index (χ0n) is 6.75. The highest BCUT2D eigenvalue weighted by molar-refractivity contribution is 7.98. The molecule has 0 saturated heterocycles. The van der Waals surface area contributed by atoms with Crippen molar-refractivity contribution in [2.24, 2.45) is 0 Å². The van der Waals surface area contributed by atoms with Crippen LogP contribution in [0.3, 0.4) is 0 Å². The molecule has 0 unspecified atom stereocenters. The summed E-state index contributed by atoms with van der Waals surface area (Å²) in [5.41, 5.74) is 0.191. The van der Waals surface area contributed by atoms with Crippen LogP contribution in [0.25, 0.3) is 0 Å². The van der Waals surface area contributed by atoms with Gasteiger partial charge in [-0.15, -0.1) is 0 Å². The maximum Gasteiger partial charge on any atom is 0.323 e. The number of benzene rings is 1. The van der Waals surface area contributed by atoms with Gasteiger partial charge in [-0.25, -0.2) is 4.39 Å². The molecule has 3 nitrogen and oxygen atoms in total. The van der Waals surface area contributed by atoms with Crippen molar-refractivity contribution in [3.8, 4) is 6.07 Å². The van der Waals surface area contributed by atoms with E-state index in [4.69, 9.17) is 16.9 Å². The standard InChI is InChI=1S/C8H4ClFN2OS/c9-8(13)12-14-7-2-5(4-11)1-6(10)3-7/h1-3H,(H,12,13). The largest absolute Gasteiger partial charge is 0.323 e. The fourth-order valence-corrected chi connectivity index (χ4v) is 1.46. The van der Waals surface area contributed by atoms with Crippen molar-refractivity contribution in [3.63, 3.8) is 0 Å². The van der Waals surface area contributed by atoms with Crippen molar-refractivity contribution in [1.82, 2.24) is 4.72 Å². The van der Waals surface area contributed by atoms with E-state index in [1.165, 1.54) is 12.1 Å². The fraction of sp³-hybridized carbons (Fsp3) is 0. The molecule has 1 aromatic rings. The third-order valence-corrected chi connectivity index (χ3v) is 2.21. The van der Waals surface area contributed by atoms with Gasteiger partial charge in [-0.3, -0.25) is 9.52 Å². The molecule has 0 atom stereocenters. The lowest BCUT2D eigenvalue weighted by Gasteiger charge is -2.00. The molecule has 0 radical (unpaired) electrons. The summed E-state index contributed by atoms with van der Waals surface area (Å²) in [7, 11) is 0. The van der Waals surface area contributed by atoms with Crippen molar-refractivity contribution in [1.29, 1.82) is 5.26 Å². The Kier molecular flexibility index (Phi) is 3.74. The SMILES string of the molecule is N#Cc1cc(F)cc(SNC(=O)Cl)c1. The number of hydrogen-bond acceptors (Lipinski definition) is 3. The summed E-state index contributed by atoms with van der Waals surface area (Å²) in [5, 5.41) is 7.77. The number of rotatable bonds is 2. The van der Waals surface area contributed by atoms with Gasteiger partial charge in [0.1, 0.15) is 5.82 Å². The van der Waals surface area contributed by atoms with Crippen LogP contribution in [0.15, 0.2) is 23.1 Å². The predicted molar refractivity (Wildman–Crippen MR) is 51.4 cm³/mol. The Morgan fingerprint density at radius 3 is 2.86 bits per heavy atom. The zero-order valence-corrected chi connectivity index (χ0v) is 8.32. The van der Waals surface area contributed by atoms with E-state index in [0.29, 0.717) is 4.90 Å². The first-order chi connectivity index (χ1) is 6.61. The van der Waals surface area contributed by atoms with Crippen LogP contribution in [0.1, 0.15) is 5.56 Å². The number of nitrogens with one attached hydrogen (secondary N) is 1. The summed E-state index contributed by atoms with van der Waals surface area (Å²) < 4.78 is 15.0. The van der Waals surface area contributed by atoms with Crippen LogP contribution in [0.5, 0.6) is 0 Å². The quantitative estimate of drug-likeness (QED) is 0.483. The van der Waals surface area contributed by atoms with Gasteiger partial charge in [0.15, 0.2) is 0 Å². The third kappa shape index (κ3) is 3.24. The Balaban J connectivity index is 2.82. The lowest BCUT2D eigenvalue weighted by molar-refractivity contribution is 0.264. The summed E-state index contributed by atoms with van der Waals surface area (Å²) in [6, 6.07) is 5.54. The Labute approximate surface area is 89.0 Å². The molecule has 1 rings (SSSR count). The highest BCUT2D eigenvalue weighted by Gasteiger charge is 2.02. The van der Waals surface area contributed by atoms with Crippen LogP contribution in [-0.4, -0.2) is 5.37 Å². The fourth-order valence-electron chi connectivity index (χ4n) is 0.785. The molecule has 72 valence electrons. The van der Waals surface area contributed by atoms with Gasteiger partial charge in [0.05, 0.1) is 11.6 Å². The van der Waals surface area contributed by atoms with E-state index in [1.807, 2.05) is 0 Å². The number of nitriles is 1. The lowest BCUT2D eigenvalue weighted by Crippen LogP contribution is -2.05. The number of amides is 1. The Morgan fingerprint density at radius 1 is 1.57 bits per heavy atom. The van der Waals surface area contributed by atoms with Crippen molar-refractivity contribution in [2.45, 2.75) is 4.90 Å². The third-order valence-electron chi connectivity index (χ3n) is 1.25. The van der Waals surface area contributed by atoms with Gasteiger partial charge in [-0.05, 0) is 41.7 Å². The molecule has 0 aromatic heterocycles. The number of carbonyl (C=O) groups is 1. The van der Waals surface area contributed by atoms with Gasteiger partial charge >= 0.3 is 5.37 Å². The molecule has 0 bridgehead atoms. The maximum atomic E-state index is 12.8. The van der Waals surface area contributed by atoms with E-state index >= 15 is 0 Å². The zero-order chi connectivity index (χ0) is 10.6. The molecule has 14 heavy (non-hydrogen) atoms. The maximum absolute atomic E-state index is 12.8. The number of nitrogens with zero attached hydrogens (tertiary/aromatic N) is 1. The molecule has 0 aliphatic carbocycles. The Morgan fingerprint density at radius 2 is 2.29 bits per heavy atom. The molecular weight excluding hydrogens is 227 g/mol. The number of halogens is 2. The molecule has 0 aliphatic heterocycles. The molecule has 0 saturated carbocycles. The van der Waals surface area contributed by atoms with Crippen molar-refractivity contribution >= 4 is 28.9 Å². The van der Waals surface area contributed by atoms with Gasteiger partial charge in [0, 0.05) is 4.90 Å². The van der Waals surface area contributed by atoms with Crippen LogP contribution >= 0.6 is 23.5 Å². The van der Waals surface area contributed by atoms with Gasteiger partial charge in [0.25, 0.3) is 0 Å². The van der Waals surface area contributed by atoms with Crippen LogP contribution in [-0.2, 0) is 0 Å². The number of carbonyl (C=O) groups excluding carboxylic acids is 1. The normalized spacial score (nSPS) is 9.21. The van der Waals surface area contributed by atoms with Gasteiger partial charge in [0.2, 0.25) is 0 Å². The average Bonchev–Trinajstić information content (AvgIpc) is 2.14. The summed E-state index contributed by atoms with van der Waals surface area (Å²) in [6.07, 6.45) is 0. The summed E-state index contributed by atoms with van der Waals surface area (Å²) in [6.45, 7) is 0. The van der Waals surface area contributed by atoms with E-state index in [2.05, 4.69) is 4.72 Å². The Bertz CT molecular complexity index is 405. The first-order valence-electron chi connectivity index (χ1n) is 3.45. The lowest BCUT2D eigenvalue weighted by atomic mass is 10.2. The molecule has 0 aliphatic rings. The smallest absolute Gasteiger partial charge is 0.282 e. The summed E-state index contributed by atoms with van der Waals surface area (Å²) >= 11 is 5.86. The van der Waals surface area contributed by atoms with Crippen molar-refractivity contribution in [2.75, 3.05) is 0 Å². The molecular formula is C8H4ClFN2OS.